The van der Waals surface area contributed by atoms with Gasteiger partial charge in [-0.3, -0.25) is 9.78 Å². The van der Waals surface area contributed by atoms with Gasteiger partial charge in [-0.15, -0.1) is 0 Å². The predicted molar refractivity (Wildman–Crippen MR) is 86.7 cm³/mol. The molecule has 3 aromatic rings. The van der Waals surface area contributed by atoms with Crippen molar-refractivity contribution in [2.24, 2.45) is 0 Å². The van der Waals surface area contributed by atoms with Gasteiger partial charge in [0.25, 0.3) is 5.56 Å². The third kappa shape index (κ3) is 3.44. The van der Waals surface area contributed by atoms with Gasteiger partial charge in [0.15, 0.2) is 11.2 Å². The molecule has 0 fully saturated rings. The largest absolute Gasteiger partial charge is 0.478 e. The van der Waals surface area contributed by atoms with Crippen LogP contribution in [0.15, 0.2) is 35.3 Å². The summed E-state index contributed by atoms with van der Waals surface area (Å²) in [6.07, 6.45) is 1.49. The highest BCUT2D eigenvalue weighted by Crippen LogP contribution is 2.11. The number of hydrogen-bond donors (Lipinski definition) is 4. The van der Waals surface area contributed by atoms with Crippen LogP contribution in [0.25, 0.3) is 11.2 Å². The zero-order valence-corrected chi connectivity index (χ0v) is 12.3. The first-order valence-electron chi connectivity index (χ1n) is 6.61. The zero-order chi connectivity index (χ0) is 16.4. The van der Waals surface area contributed by atoms with Crippen molar-refractivity contribution >= 4 is 28.8 Å². The molecule has 0 aliphatic carbocycles. The van der Waals surface area contributed by atoms with Gasteiger partial charge in [-0.25, -0.2) is 14.8 Å². The molecule has 24 heavy (non-hydrogen) atoms. The lowest BCUT2D eigenvalue weighted by Gasteiger charge is -2.06. The van der Waals surface area contributed by atoms with Gasteiger partial charge in [-0.2, -0.15) is 4.98 Å². The van der Waals surface area contributed by atoms with Crippen LogP contribution in [0.1, 0.15) is 16.1 Å². The molecule has 2 aromatic heterocycles. The lowest BCUT2D eigenvalue weighted by molar-refractivity contribution is 0.0697. The summed E-state index contributed by atoms with van der Waals surface area (Å²) >= 11 is 0. The molecule has 7 N–H and O–H groups in total. The van der Waals surface area contributed by atoms with Crippen molar-refractivity contribution in [2.45, 2.75) is 6.54 Å². The lowest BCUT2D eigenvalue weighted by atomic mass is 10.2. The van der Waals surface area contributed by atoms with E-state index >= 15 is 0 Å². The van der Waals surface area contributed by atoms with Crippen molar-refractivity contribution < 1.29 is 15.4 Å². The summed E-state index contributed by atoms with van der Waals surface area (Å²) in [5.74, 6) is -0.996. The smallest absolute Gasteiger partial charge is 0.335 e. The number of nitrogen functional groups attached to an aromatic ring is 1. The number of nitrogens with two attached hydrogens (primary N) is 1. The zero-order valence-electron chi connectivity index (χ0n) is 12.3. The second-order valence-corrected chi connectivity index (χ2v) is 4.72. The minimum Gasteiger partial charge on any atom is -0.478 e. The number of H-pyrrole nitrogens is 1. The van der Waals surface area contributed by atoms with Crippen LogP contribution in [-0.2, 0) is 6.54 Å². The van der Waals surface area contributed by atoms with Crippen molar-refractivity contribution in [3.05, 3.63) is 52.1 Å². The van der Waals surface area contributed by atoms with E-state index in [1.807, 2.05) is 0 Å². The Morgan fingerprint density at radius 2 is 1.96 bits per heavy atom. The first-order chi connectivity index (χ1) is 11.0. The van der Waals surface area contributed by atoms with Crippen LogP contribution in [-0.4, -0.2) is 36.5 Å². The van der Waals surface area contributed by atoms with Crippen molar-refractivity contribution in [1.82, 2.24) is 19.9 Å². The standard InChI is InChI=1S/C14H12N6O3.H2O/c15-14-19-11-10(12(21)20-14)18-9(6-17-11)5-16-8-3-1-7(2-4-8)13(22)23;/h1-4,6,16H,5H2,(H,22,23)(H3,15,17,19,20,21);1H2. The van der Waals surface area contributed by atoms with E-state index in [4.69, 9.17) is 10.8 Å². The van der Waals surface area contributed by atoms with E-state index in [-0.39, 0.29) is 28.2 Å². The average molecular weight is 330 g/mol. The monoisotopic (exact) mass is 330 g/mol. The summed E-state index contributed by atoms with van der Waals surface area (Å²) in [7, 11) is 0. The normalized spacial score (nSPS) is 10.2. The number of hydrogen-bond acceptors (Lipinski definition) is 7. The number of aromatic carboxylic acids is 1. The molecule has 0 amide bonds. The molecular formula is C14H14N6O4. The number of carboxylic acids is 1. The molecule has 10 nitrogen and oxygen atoms in total. The molecule has 124 valence electrons. The van der Waals surface area contributed by atoms with E-state index in [9.17, 15) is 9.59 Å². The van der Waals surface area contributed by atoms with Gasteiger partial charge in [0.2, 0.25) is 5.95 Å². The molecule has 0 radical (unpaired) electrons. The molecule has 0 saturated carbocycles. The Balaban J connectivity index is 0.00000208. The summed E-state index contributed by atoms with van der Waals surface area (Å²) in [6.45, 7) is 0.319. The fraction of sp³-hybridized carbons (Fsp3) is 0.0714. The first kappa shape index (κ1) is 16.8. The van der Waals surface area contributed by atoms with Crippen molar-refractivity contribution in [3.63, 3.8) is 0 Å². The van der Waals surface area contributed by atoms with Gasteiger partial charge in [0, 0.05) is 5.69 Å². The summed E-state index contributed by atoms with van der Waals surface area (Å²) in [5, 5.41) is 11.9. The minimum absolute atomic E-state index is 0. The number of aromatic amines is 1. The number of aromatic nitrogens is 4. The Morgan fingerprint density at radius 1 is 1.25 bits per heavy atom. The Labute approximate surface area is 134 Å². The topological polar surface area (TPSA) is 178 Å². The van der Waals surface area contributed by atoms with E-state index in [1.54, 1.807) is 12.1 Å². The Morgan fingerprint density at radius 3 is 2.62 bits per heavy atom. The van der Waals surface area contributed by atoms with E-state index in [1.165, 1.54) is 18.3 Å². The van der Waals surface area contributed by atoms with Gasteiger partial charge < -0.3 is 21.6 Å². The third-order valence-corrected chi connectivity index (χ3v) is 3.09. The molecule has 0 spiro atoms. The molecule has 1 aromatic carbocycles. The van der Waals surface area contributed by atoms with Crippen molar-refractivity contribution in [1.29, 1.82) is 0 Å². The molecule has 0 aliphatic rings. The average Bonchev–Trinajstić information content (AvgIpc) is 2.53. The number of fused-ring (bicyclic) bond motifs is 1. The molecule has 0 unspecified atom stereocenters. The Kier molecular flexibility index (Phi) is 4.70. The van der Waals surface area contributed by atoms with Gasteiger partial charge in [0.05, 0.1) is 24.0 Å². The maximum atomic E-state index is 11.8. The minimum atomic E-state index is -0.983. The molecule has 10 heteroatoms. The van der Waals surface area contributed by atoms with E-state index < -0.39 is 11.5 Å². The van der Waals surface area contributed by atoms with Crippen LogP contribution in [0, 0.1) is 0 Å². The summed E-state index contributed by atoms with van der Waals surface area (Å²) in [5.41, 5.74) is 6.75. The number of anilines is 2. The van der Waals surface area contributed by atoms with Gasteiger partial charge in [-0.05, 0) is 24.3 Å². The number of benzene rings is 1. The van der Waals surface area contributed by atoms with Gasteiger partial charge in [0.1, 0.15) is 0 Å². The second kappa shape index (κ2) is 6.71. The molecule has 0 aliphatic heterocycles. The van der Waals surface area contributed by atoms with Crippen LogP contribution >= 0.6 is 0 Å². The van der Waals surface area contributed by atoms with Crippen LogP contribution < -0.4 is 16.6 Å². The number of nitrogens with zero attached hydrogens (tertiary/aromatic N) is 3. The fourth-order valence-electron chi connectivity index (χ4n) is 1.98. The van der Waals surface area contributed by atoms with Crippen LogP contribution in [0.5, 0.6) is 0 Å². The maximum Gasteiger partial charge on any atom is 0.335 e. The third-order valence-electron chi connectivity index (χ3n) is 3.09. The molecule has 2 heterocycles. The number of carbonyl (C=O) groups is 1. The predicted octanol–water partition coefficient (Wildman–Crippen LogP) is -0.219. The number of carboxylic acid groups (broad SMARTS) is 1. The highest BCUT2D eigenvalue weighted by molar-refractivity contribution is 5.88. The Hall–Kier alpha value is -3.53. The van der Waals surface area contributed by atoms with E-state index in [0.29, 0.717) is 12.2 Å². The molecule has 0 bridgehead atoms. The van der Waals surface area contributed by atoms with Crippen molar-refractivity contribution in [3.8, 4) is 0 Å². The van der Waals surface area contributed by atoms with Crippen LogP contribution in [0.3, 0.4) is 0 Å². The highest BCUT2D eigenvalue weighted by Gasteiger charge is 2.07. The van der Waals surface area contributed by atoms with Crippen LogP contribution in [0.2, 0.25) is 0 Å². The molecule has 0 atom stereocenters. The summed E-state index contributed by atoms with van der Waals surface area (Å²) in [4.78, 5) is 37.1. The lowest BCUT2D eigenvalue weighted by Crippen LogP contribution is -2.15. The SMILES string of the molecule is Nc1nc2ncc(CNc3ccc(C(=O)O)cc3)nc2c(=O)[nH]1.O. The van der Waals surface area contributed by atoms with Crippen molar-refractivity contribution in [2.75, 3.05) is 11.1 Å². The number of rotatable bonds is 4. The Bertz CT molecular complexity index is 938. The first-order valence-corrected chi connectivity index (χ1v) is 6.61. The van der Waals surface area contributed by atoms with E-state index in [2.05, 4.69) is 25.3 Å². The summed E-state index contributed by atoms with van der Waals surface area (Å²) < 4.78 is 0. The highest BCUT2D eigenvalue weighted by atomic mass is 16.4. The van der Waals surface area contributed by atoms with Gasteiger partial charge in [-0.1, -0.05) is 0 Å². The molecule has 3 rings (SSSR count). The second-order valence-electron chi connectivity index (χ2n) is 4.72. The maximum absolute atomic E-state index is 11.8. The van der Waals surface area contributed by atoms with Gasteiger partial charge >= 0.3 is 5.97 Å². The fourth-order valence-corrected chi connectivity index (χ4v) is 1.98. The van der Waals surface area contributed by atoms with E-state index in [0.717, 1.165) is 5.69 Å². The molecular weight excluding hydrogens is 316 g/mol. The molecule has 0 saturated heterocycles. The summed E-state index contributed by atoms with van der Waals surface area (Å²) in [6, 6.07) is 6.28. The quantitative estimate of drug-likeness (QED) is 0.507. The number of nitrogens with one attached hydrogen (secondary N) is 2. The van der Waals surface area contributed by atoms with Crippen LogP contribution in [0.4, 0.5) is 11.6 Å².